The van der Waals surface area contributed by atoms with Crippen molar-refractivity contribution < 1.29 is 9.21 Å². The molecule has 2 aromatic heterocycles. The fraction of sp³-hybridized carbons (Fsp3) is 0.438. The highest BCUT2D eigenvalue weighted by Gasteiger charge is 2.17. The third-order valence-corrected chi connectivity index (χ3v) is 3.78. The molecule has 0 radical (unpaired) electrons. The van der Waals surface area contributed by atoms with Crippen LogP contribution in [0.15, 0.2) is 16.7 Å². The normalized spacial score (nSPS) is 13.2. The molecule has 0 fully saturated rings. The predicted octanol–water partition coefficient (Wildman–Crippen LogP) is 2.36. The zero-order chi connectivity index (χ0) is 14.8. The maximum atomic E-state index is 12.1. The van der Waals surface area contributed by atoms with Crippen LogP contribution in [0.25, 0.3) is 0 Å². The molecule has 1 amide bonds. The van der Waals surface area contributed by atoms with E-state index in [0.29, 0.717) is 30.3 Å². The summed E-state index contributed by atoms with van der Waals surface area (Å²) in [5.41, 5.74) is 4.17. The molecule has 2 heterocycles. The molecule has 0 spiro atoms. The SMILES string of the molecule is CCc1nc(C)c(C(=O)NCc2cnc3c(c2)CCC3)o1. The molecule has 2 aromatic rings. The van der Waals surface area contributed by atoms with Crippen molar-refractivity contribution in [2.24, 2.45) is 0 Å². The van der Waals surface area contributed by atoms with Crippen LogP contribution in [-0.4, -0.2) is 15.9 Å². The van der Waals surface area contributed by atoms with Crippen molar-refractivity contribution in [3.8, 4) is 0 Å². The summed E-state index contributed by atoms with van der Waals surface area (Å²) < 4.78 is 5.45. The van der Waals surface area contributed by atoms with Crippen LogP contribution in [0.4, 0.5) is 0 Å². The fourth-order valence-electron chi connectivity index (χ4n) is 2.65. The molecule has 1 aliphatic rings. The van der Waals surface area contributed by atoms with E-state index in [1.165, 1.54) is 17.7 Å². The maximum Gasteiger partial charge on any atom is 0.289 e. The molecule has 0 aromatic carbocycles. The number of aryl methyl sites for hydroxylation is 4. The molecule has 1 N–H and O–H groups in total. The number of hydrogen-bond acceptors (Lipinski definition) is 4. The summed E-state index contributed by atoms with van der Waals surface area (Å²) in [7, 11) is 0. The molecule has 0 saturated carbocycles. The molecule has 0 atom stereocenters. The first kappa shape index (κ1) is 13.8. The zero-order valence-corrected chi connectivity index (χ0v) is 12.4. The lowest BCUT2D eigenvalue weighted by molar-refractivity contribution is 0.0920. The largest absolute Gasteiger partial charge is 0.435 e. The molecule has 3 rings (SSSR count). The Hall–Kier alpha value is -2.17. The second kappa shape index (κ2) is 5.68. The molecular formula is C16H19N3O2. The van der Waals surface area contributed by atoms with Gasteiger partial charge in [-0.1, -0.05) is 13.0 Å². The van der Waals surface area contributed by atoms with Gasteiger partial charge in [-0.2, -0.15) is 0 Å². The summed E-state index contributed by atoms with van der Waals surface area (Å²) >= 11 is 0. The van der Waals surface area contributed by atoms with Crippen molar-refractivity contribution in [1.29, 1.82) is 0 Å². The minimum Gasteiger partial charge on any atom is -0.435 e. The number of carbonyl (C=O) groups is 1. The van der Waals surface area contributed by atoms with Gasteiger partial charge in [0.15, 0.2) is 5.89 Å². The third kappa shape index (κ3) is 2.82. The molecule has 110 valence electrons. The Labute approximate surface area is 123 Å². The van der Waals surface area contributed by atoms with Crippen LogP contribution in [0, 0.1) is 6.92 Å². The first-order valence-corrected chi connectivity index (χ1v) is 7.38. The third-order valence-electron chi connectivity index (χ3n) is 3.78. The number of fused-ring (bicyclic) bond motifs is 1. The number of nitrogens with one attached hydrogen (secondary N) is 1. The van der Waals surface area contributed by atoms with Gasteiger partial charge in [0.05, 0.1) is 5.69 Å². The van der Waals surface area contributed by atoms with E-state index in [1.54, 1.807) is 6.92 Å². The number of oxazole rings is 1. The van der Waals surface area contributed by atoms with Gasteiger partial charge in [-0.3, -0.25) is 9.78 Å². The number of aromatic nitrogens is 2. The van der Waals surface area contributed by atoms with Crippen molar-refractivity contribution in [3.05, 3.63) is 46.4 Å². The Kier molecular flexibility index (Phi) is 3.73. The van der Waals surface area contributed by atoms with Gasteiger partial charge in [-0.25, -0.2) is 4.98 Å². The summed E-state index contributed by atoms with van der Waals surface area (Å²) in [6.07, 6.45) is 5.86. The van der Waals surface area contributed by atoms with E-state index >= 15 is 0 Å². The Morgan fingerprint density at radius 2 is 2.29 bits per heavy atom. The van der Waals surface area contributed by atoms with E-state index in [0.717, 1.165) is 18.4 Å². The van der Waals surface area contributed by atoms with Crippen LogP contribution >= 0.6 is 0 Å². The number of hydrogen-bond donors (Lipinski definition) is 1. The number of amides is 1. The van der Waals surface area contributed by atoms with E-state index < -0.39 is 0 Å². The quantitative estimate of drug-likeness (QED) is 0.936. The van der Waals surface area contributed by atoms with Crippen LogP contribution in [0.2, 0.25) is 0 Å². The average molecular weight is 285 g/mol. The number of rotatable bonds is 4. The van der Waals surface area contributed by atoms with Crippen molar-refractivity contribution in [3.63, 3.8) is 0 Å². The highest BCUT2D eigenvalue weighted by atomic mass is 16.4. The lowest BCUT2D eigenvalue weighted by atomic mass is 10.1. The Morgan fingerprint density at radius 1 is 1.43 bits per heavy atom. The molecule has 21 heavy (non-hydrogen) atoms. The lowest BCUT2D eigenvalue weighted by Crippen LogP contribution is -2.23. The van der Waals surface area contributed by atoms with E-state index in [2.05, 4.69) is 21.4 Å². The number of nitrogens with zero attached hydrogens (tertiary/aromatic N) is 2. The van der Waals surface area contributed by atoms with Crippen molar-refractivity contribution >= 4 is 5.91 Å². The molecular weight excluding hydrogens is 266 g/mol. The summed E-state index contributed by atoms with van der Waals surface area (Å²) in [5.74, 6) is 0.679. The highest BCUT2D eigenvalue weighted by Crippen LogP contribution is 2.20. The smallest absolute Gasteiger partial charge is 0.289 e. The topological polar surface area (TPSA) is 68.0 Å². The second-order valence-electron chi connectivity index (χ2n) is 5.36. The number of carbonyl (C=O) groups excluding carboxylic acids is 1. The summed E-state index contributed by atoms with van der Waals surface area (Å²) in [6, 6.07) is 2.14. The van der Waals surface area contributed by atoms with E-state index in [4.69, 9.17) is 4.42 Å². The van der Waals surface area contributed by atoms with Gasteiger partial charge in [0.1, 0.15) is 0 Å². The number of pyridine rings is 1. The summed E-state index contributed by atoms with van der Waals surface area (Å²) in [6.45, 7) is 4.19. The van der Waals surface area contributed by atoms with E-state index in [1.807, 2.05) is 13.1 Å². The standard InChI is InChI=1S/C16H19N3O2/c1-3-14-19-10(2)15(21-14)16(20)18-9-11-7-12-5-4-6-13(12)17-8-11/h7-8H,3-6,9H2,1-2H3,(H,18,20). The summed E-state index contributed by atoms with van der Waals surface area (Å²) in [4.78, 5) is 20.8. The minimum atomic E-state index is -0.222. The highest BCUT2D eigenvalue weighted by molar-refractivity contribution is 5.92. The van der Waals surface area contributed by atoms with Crippen molar-refractivity contribution in [1.82, 2.24) is 15.3 Å². The first-order chi connectivity index (χ1) is 10.2. The molecule has 0 aliphatic heterocycles. The average Bonchev–Trinajstić information content (AvgIpc) is 3.10. The van der Waals surface area contributed by atoms with Gasteiger partial charge in [0, 0.05) is 24.9 Å². The molecule has 0 saturated heterocycles. The molecule has 0 bridgehead atoms. The molecule has 1 aliphatic carbocycles. The Bertz CT molecular complexity index is 676. The first-order valence-electron chi connectivity index (χ1n) is 7.38. The van der Waals surface area contributed by atoms with E-state index in [-0.39, 0.29) is 5.91 Å². The van der Waals surface area contributed by atoms with Crippen LogP contribution in [-0.2, 0) is 25.8 Å². The van der Waals surface area contributed by atoms with Crippen molar-refractivity contribution in [2.45, 2.75) is 46.1 Å². The van der Waals surface area contributed by atoms with Crippen molar-refractivity contribution in [2.75, 3.05) is 0 Å². The van der Waals surface area contributed by atoms with E-state index in [9.17, 15) is 4.79 Å². The predicted molar refractivity (Wildman–Crippen MR) is 78.1 cm³/mol. The van der Waals surface area contributed by atoms with Crippen LogP contribution in [0.3, 0.4) is 0 Å². The fourth-order valence-corrected chi connectivity index (χ4v) is 2.65. The molecule has 0 unspecified atom stereocenters. The van der Waals surface area contributed by atoms with Gasteiger partial charge in [-0.05, 0) is 37.3 Å². The lowest BCUT2D eigenvalue weighted by Gasteiger charge is -2.05. The van der Waals surface area contributed by atoms with Gasteiger partial charge >= 0.3 is 0 Å². The second-order valence-corrected chi connectivity index (χ2v) is 5.36. The maximum absolute atomic E-state index is 12.1. The monoisotopic (exact) mass is 285 g/mol. The van der Waals surface area contributed by atoms with Gasteiger partial charge in [-0.15, -0.1) is 0 Å². The van der Waals surface area contributed by atoms with Gasteiger partial charge < -0.3 is 9.73 Å². The Morgan fingerprint density at radius 3 is 3.05 bits per heavy atom. The van der Waals surface area contributed by atoms with Crippen LogP contribution in [0.1, 0.15) is 52.3 Å². The Balaban J connectivity index is 1.67. The van der Waals surface area contributed by atoms with Crippen LogP contribution < -0.4 is 5.32 Å². The minimum absolute atomic E-state index is 0.222. The van der Waals surface area contributed by atoms with Gasteiger partial charge in [0.2, 0.25) is 5.76 Å². The summed E-state index contributed by atoms with van der Waals surface area (Å²) in [5, 5.41) is 2.87. The van der Waals surface area contributed by atoms with Gasteiger partial charge in [0.25, 0.3) is 5.91 Å². The zero-order valence-electron chi connectivity index (χ0n) is 12.4. The van der Waals surface area contributed by atoms with Crippen LogP contribution in [0.5, 0.6) is 0 Å². The molecule has 5 heteroatoms. The molecule has 5 nitrogen and oxygen atoms in total.